The molecule has 0 bridgehead atoms. The van der Waals surface area contributed by atoms with E-state index in [1.54, 1.807) is 0 Å². The van der Waals surface area contributed by atoms with Crippen LogP contribution in [0.5, 0.6) is 0 Å². The van der Waals surface area contributed by atoms with E-state index in [0.717, 1.165) is 31.9 Å². The lowest BCUT2D eigenvalue weighted by Gasteiger charge is -2.30. The summed E-state index contributed by atoms with van der Waals surface area (Å²) in [5, 5.41) is 6.94. The van der Waals surface area contributed by atoms with Gasteiger partial charge in [-0.3, -0.25) is 5.01 Å². The molecule has 1 aliphatic rings. The fraction of sp³-hybridized carbons (Fsp3) is 0.615. The summed E-state index contributed by atoms with van der Waals surface area (Å²) in [4.78, 5) is 5.09. The molecule has 1 aromatic heterocycles. The van der Waals surface area contributed by atoms with E-state index in [9.17, 15) is 0 Å². The van der Waals surface area contributed by atoms with E-state index < -0.39 is 0 Å². The number of thiophene rings is 1. The molecule has 2 heterocycles. The predicted octanol–water partition coefficient (Wildman–Crippen LogP) is 2.34. The van der Waals surface area contributed by atoms with Crippen LogP contribution in [0.3, 0.4) is 0 Å². The Morgan fingerprint density at radius 1 is 1.24 bits per heavy atom. The Kier molecular flexibility index (Phi) is 3.84. The Labute approximate surface area is 108 Å². The van der Waals surface area contributed by atoms with Crippen LogP contribution in [0.4, 0.5) is 0 Å². The highest BCUT2D eigenvalue weighted by molar-refractivity contribution is 7.12. The molecule has 17 heavy (non-hydrogen) atoms. The second-order valence-electron chi connectivity index (χ2n) is 4.77. The molecule has 0 aromatic carbocycles. The summed E-state index contributed by atoms with van der Waals surface area (Å²) in [7, 11) is 2.17. The van der Waals surface area contributed by atoms with Crippen LogP contribution in [0, 0.1) is 13.8 Å². The molecule has 3 nitrogen and oxygen atoms in total. The highest BCUT2D eigenvalue weighted by Gasteiger charge is 2.13. The first-order valence-corrected chi connectivity index (χ1v) is 6.94. The molecule has 94 valence electrons. The van der Waals surface area contributed by atoms with Crippen molar-refractivity contribution in [2.24, 2.45) is 5.10 Å². The van der Waals surface area contributed by atoms with E-state index in [0.29, 0.717) is 0 Å². The second-order valence-corrected chi connectivity index (χ2v) is 6.23. The number of nitrogens with zero attached hydrogens (tertiary/aromatic N) is 3. The van der Waals surface area contributed by atoms with E-state index >= 15 is 0 Å². The molecule has 0 unspecified atom stereocenters. The predicted molar refractivity (Wildman–Crippen MR) is 75.1 cm³/mol. The minimum atomic E-state index is 1.04. The van der Waals surface area contributed by atoms with Gasteiger partial charge in [-0.25, -0.2) is 0 Å². The zero-order chi connectivity index (χ0) is 12.4. The highest BCUT2D eigenvalue weighted by atomic mass is 32.1. The van der Waals surface area contributed by atoms with Crippen molar-refractivity contribution in [2.45, 2.75) is 20.8 Å². The Balaban J connectivity index is 2.09. The van der Waals surface area contributed by atoms with Crippen LogP contribution in [0.1, 0.15) is 22.2 Å². The van der Waals surface area contributed by atoms with Gasteiger partial charge in [-0.05, 0) is 33.9 Å². The first-order valence-electron chi connectivity index (χ1n) is 6.12. The monoisotopic (exact) mass is 251 g/mol. The molecule has 2 rings (SSSR count). The standard InChI is InChI=1S/C13H21N3S/c1-10-9-13(12(3)17-10)11(2)14-16-7-5-15(4)6-8-16/h9H,5-8H2,1-4H3. The fourth-order valence-corrected chi connectivity index (χ4v) is 3.13. The zero-order valence-corrected chi connectivity index (χ0v) is 12.0. The van der Waals surface area contributed by atoms with Crippen molar-refractivity contribution in [2.75, 3.05) is 33.2 Å². The van der Waals surface area contributed by atoms with Crippen molar-refractivity contribution in [1.29, 1.82) is 0 Å². The Morgan fingerprint density at radius 3 is 2.41 bits per heavy atom. The number of aryl methyl sites for hydroxylation is 2. The normalized spacial score (nSPS) is 18.8. The summed E-state index contributed by atoms with van der Waals surface area (Å²) in [5.74, 6) is 0. The Morgan fingerprint density at radius 2 is 1.88 bits per heavy atom. The number of hydrogen-bond donors (Lipinski definition) is 0. The summed E-state index contributed by atoms with van der Waals surface area (Å²) in [6.07, 6.45) is 0. The Hall–Kier alpha value is -0.870. The first-order chi connectivity index (χ1) is 8.06. The summed E-state index contributed by atoms with van der Waals surface area (Å²) < 4.78 is 0. The van der Waals surface area contributed by atoms with Crippen LogP contribution in [0.25, 0.3) is 0 Å². The topological polar surface area (TPSA) is 18.8 Å². The molecule has 1 aliphatic heterocycles. The summed E-state index contributed by atoms with van der Waals surface area (Å²) >= 11 is 1.85. The van der Waals surface area contributed by atoms with Crippen LogP contribution in [-0.2, 0) is 0 Å². The van der Waals surface area contributed by atoms with Gasteiger partial charge >= 0.3 is 0 Å². The van der Waals surface area contributed by atoms with Crippen LogP contribution >= 0.6 is 11.3 Å². The molecule has 0 radical (unpaired) electrons. The third-order valence-electron chi connectivity index (χ3n) is 3.20. The lowest BCUT2D eigenvalue weighted by atomic mass is 10.2. The molecule has 0 N–H and O–H groups in total. The number of hydrogen-bond acceptors (Lipinski definition) is 4. The van der Waals surface area contributed by atoms with Crippen LogP contribution in [-0.4, -0.2) is 48.8 Å². The zero-order valence-electron chi connectivity index (χ0n) is 11.2. The smallest absolute Gasteiger partial charge is 0.0657 e. The van der Waals surface area contributed by atoms with E-state index in [1.807, 2.05) is 11.3 Å². The summed E-state index contributed by atoms with van der Waals surface area (Å²) in [6.45, 7) is 10.7. The van der Waals surface area contributed by atoms with Gasteiger partial charge in [0, 0.05) is 41.5 Å². The van der Waals surface area contributed by atoms with Gasteiger partial charge in [0.15, 0.2) is 0 Å². The van der Waals surface area contributed by atoms with Gasteiger partial charge in [0.2, 0.25) is 0 Å². The van der Waals surface area contributed by atoms with Crippen molar-refractivity contribution in [3.05, 3.63) is 21.4 Å². The van der Waals surface area contributed by atoms with Crippen molar-refractivity contribution in [1.82, 2.24) is 9.91 Å². The summed E-state index contributed by atoms with van der Waals surface area (Å²) in [6, 6.07) is 2.24. The molecular weight excluding hydrogens is 230 g/mol. The highest BCUT2D eigenvalue weighted by Crippen LogP contribution is 2.21. The molecule has 0 saturated carbocycles. The molecular formula is C13H21N3S. The maximum Gasteiger partial charge on any atom is 0.0657 e. The molecule has 4 heteroatoms. The van der Waals surface area contributed by atoms with Crippen molar-refractivity contribution >= 4 is 17.0 Å². The molecule has 1 saturated heterocycles. The van der Waals surface area contributed by atoms with Crippen molar-refractivity contribution in [3.8, 4) is 0 Å². The van der Waals surface area contributed by atoms with Gasteiger partial charge in [0.25, 0.3) is 0 Å². The van der Waals surface area contributed by atoms with Gasteiger partial charge in [0.1, 0.15) is 0 Å². The molecule has 1 aromatic rings. The largest absolute Gasteiger partial charge is 0.303 e. The quantitative estimate of drug-likeness (QED) is 0.751. The van der Waals surface area contributed by atoms with Crippen LogP contribution in [0.15, 0.2) is 11.2 Å². The van der Waals surface area contributed by atoms with E-state index in [-0.39, 0.29) is 0 Å². The maximum absolute atomic E-state index is 4.74. The van der Waals surface area contributed by atoms with Gasteiger partial charge in [0.05, 0.1) is 5.71 Å². The van der Waals surface area contributed by atoms with Gasteiger partial charge in [-0.2, -0.15) is 5.10 Å². The van der Waals surface area contributed by atoms with Crippen LogP contribution < -0.4 is 0 Å². The second kappa shape index (κ2) is 5.19. The summed E-state index contributed by atoms with van der Waals surface area (Å²) in [5.41, 5.74) is 2.46. The molecule has 0 atom stereocenters. The molecule has 1 fully saturated rings. The molecule has 0 spiro atoms. The van der Waals surface area contributed by atoms with E-state index in [1.165, 1.54) is 15.3 Å². The van der Waals surface area contributed by atoms with E-state index in [2.05, 4.69) is 43.8 Å². The lowest BCUT2D eigenvalue weighted by molar-refractivity contribution is 0.159. The van der Waals surface area contributed by atoms with Gasteiger partial charge in [-0.15, -0.1) is 11.3 Å². The minimum Gasteiger partial charge on any atom is -0.303 e. The maximum atomic E-state index is 4.74. The van der Waals surface area contributed by atoms with Gasteiger partial charge in [-0.1, -0.05) is 0 Å². The first kappa shape index (κ1) is 12.6. The average molecular weight is 251 g/mol. The number of rotatable bonds is 2. The average Bonchev–Trinajstić information content (AvgIpc) is 2.61. The molecule has 0 amide bonds. The van der Waals surface area contributed by atoms with Crippen LogP contribution in [0.2, 0.25) is 0 Å². The van der Waals surface area contributed by atoms with Gasteiger partial charge < -0.3 is 4.90 Å². The van der Waals surface area contributed by atoms with E-state index in [4.69, 9.17) is 5.10 Å². The minimum absolute atomic E-state index is 1.04. The Bertz CT molecular complexity index is 414. The van der Waals surface area contributed by atoms with Crippen molar-refractivity contribution in [3.63, 3.8) is 0 Å². The molecule has 0 aliphatic carbocycles. The third kappa shape index (κ3) is 3.07. The van der Waals surface area contributed by atoms with Crippen molar-refractivity contribution < 1.29 is 0 Å². The number of hydrazone groups is 1. The number of piperazine rings is 1. The lowest BCUT2D eigenvalue weighted by Crippen LogP contribution is -2.42. The SMILES string of the molecule is CC(=NN1CCN(C)CC1)c1cc(C)sc1C. The third-order valence-corrected chi connectivity index (χ3v) is 4.17. The fourth-order valence-electron chi connectivity index (χ4n) is 2.15. The number of likely N-dealkylation sites (N-methyl/N-ethyl adjacent to an activating group) is 1.